The van der Waals surface area contributed by atoms with Gasteiger partial charge >= 0.3 is 0 Å². The molecule has 4 rings (SSSR count). The van der Waals surface area contributed by atoms with Crippen molar-refractivity contribution in [2.24, 2.45) is 5.92 Å². The van der Waals surface area contributed by atoms with E-state index in [1.165, 1.54) is 31.2 Å². The molecule has 2 heterocycles. The molecule has 0 amide bonds. The highest BCUT2D eigenvalue weighted by Gasteiger charge is 2.21. The molecule has 1 saturated carbocycles. The first-order valence-electron chi connectivity index (χ1n) is 9.68. The Kier molecular flexibility index (Phi) is 4.72. The lowest BCUT2D eigenvalue weighted by Gasteiger charge is -2.14. The monoisotopic (exact) mass is 365 g/mol. The third-order valence-electron chi connectivity index (χ3n) is 5.30. The molecule has 0 aliphatic heterocycles. The van der Waals surface area contributed by atoms with E-state index in [1.54, 1.807) is 7.11 Å². The first kappa shape index (κ1) is 17.8. The van der Waals surface area contributed by atoms with E-state index in [-0.39, 0.29) is 0 Å². The Morgan fingerprint density at radius 2 is 1.96 bits per heavy atom. The van der Waals surface area contributed by atoms with E-state index in [2.05, 4.69) is 33.4 Å². The summed E-state index contributed by atoms with van der Waals surface area (Å²) in [5, 5.41) is 8.00. The molecule has 0 radical (unpaired) electrons. The van der Waals surface area contributed by atoms with E-state index in [1.807, 2.05) is 30.6 Å². The van der Waals surface area contributed by atoms with Crippen LogP contribution in [0.2, 0.25) is 0 Å². The number of benzene rings is 1. The number of aryl methyl sites for hydroxylation is 4. The molecule has 6 nitrogen and oxygen atoms in total. The molecule has 0 spiro atoms. The van der Waals surface area contributed by atoms with Gasteiger partial charge in [-0.05, 0) is 62.8 Å². The summed E-state index contributed by atoms with van der Waals surface area (Å²) in [4.78, 5) is 9.24. The highest BCUT2D eigenvalue weighted by molar-refractivity contribution is 5.64. The van der Waals surface area contributed by atoms with Crippen molar-refractivity contribution in [3.63, 3.8) is 0 Å². The number of rotatable bonds is 7. The molecular weight excluding hydrogens is 338 g/mol. The van der Waals surface area contributed by atoms with Gasteiger partial charge in [-0.25, -0.2) is 4.98 Å². The summed E-state index contributed by atoms with van der Waals surface area (Å²) in [7, 11) is 1.70. The van der Waals surface area contributed by atoms with Gasteiger partial charge in [0.1, 0.15) is 11.6 Å². The second-order valence-corrected chi connectivity index (χ2v) is 7.60. The van der Waals surface area contributed by atoms with Crippen LogP contribution in [0.25, 0.3) is 5.65 Å². The maximum absolute atomic E-state index is 5.41. The second-order valence-electron chi connectivity index (χ2n) is 7.60. The summed E-state index contributed by atoms with van der Waals surface area (Å²) in [6.07, 6.45) is 8.30. The van der Waals surface area contributed by atoms with Crippen LogP contribution < -0.4 is 10.1 Å². The molecule has 1 N–H and O–H groups in total. The first-order chi connectivity index (χ1) is 13.0. The molecule has 1 aliphatic carbocycles. The fourth-order valence-electron chi connectivity index (χ4n) is 3.54. The van der Waals surface area contributed by atoms with Gasteiger partial charge in [0.2, 0.25) is 5.95 Å². The maximum Gasteiger partial charge on any atom is 0.232 e. The average molecular weight is 365 g/mol. The summed E-state index contributed by atoms with van der Waals surface area (Å²) < 4.78 is 7.23. The standard InChI is InChI=1S/C21H27N5O/c1-13-11-19(27-4)14(2)10-18(13)25-21-24-15(3)23-20-17(12-22-26(20)21)7-5-6-16-8-9-16/h10-12,16H,5-9H2,1-4H3,(H,23,24,25). The lowest BCUT2D eigenvalue weighted by atomic mass is 10.1. The second kappa shape index (κ2) is 7.18. The largest absolute Gasteiger partial charge is 0.496 e. The van der Waals surface area contributed by atoms with Gasteiger partial charge in [0.15, 0.2) is 5.65 Å². The lowest BCUT2D eigenvalue weighted by Crippen LogP contribution is -2.07. The molecule has 27 heavy (non-hydrogen) atoms. The zero-order chi connectivity index (χ0) is 19.0. The predicted molar refractivity (Wildman–Crippen MR) is 107 cm³/mol. The number of hydrogen-bond donors (Lipinski definition) is 1. The number of methoxy groups -OCH3 is 1. The van der Waals surface area contributed by atoms with Crippen LogP contribution in [0.15, 0.2) is 18.3 Å². The predicted octanol–water partition coefficient (Wildman–Crippen LogP) is 4.53. The van der Waals surface area contributed by atoms with E-state index in [0.717, 1.165) is 46.4 Å². The molecule has 0 unspecified atom stereocenters. The van der Waals surface area contributed by atoms with Crippen LogP contribution in [0.5, 0.6) is 5.75 Å². The van der Waals surface area contributed by atoms with E-state index < -0.39 is 0 Å². The number of hydrogen-bond acceptors (Lipinski definition) is 5. The van der Waals surface area contributed by atoms with Crippen molar-refractivity contribution < 1.29 is 4.74 Å². The summed E-state index contributed by atoms with van der Waals surface area (Å²) >= 11 is 0. The van der Waals surface area contributed by atoms with Crippen LogP contribution in [-0.2, 0) is 6.42 Å². The Hall–Kier alpha value is -2.63. The Balaban J connectivity index is 1.63. The molecule has 1 aromatic carbocycles. The van der Waals surface area contributed by atoms with E-state index in [9.17, 15) is 0 Å². The molecule has 142 valence electrons. The molecule has 3 aromatic rings. The summed E-state index contributed by atoms with van der Waals surface area (Å²) in [6.45, 7) is 6.02. The normalized spacial score (nSPS) is 13.9. The van der Waals surface area contributed by atoms with Crippen molar-refractivity contribution in [3.05, 3.63) is 40.8 Å². The zero-order valence-electron chi connectivity index (χ0n) is 16.5. The first-order valence-corrected chi connectivity index (χ1v) is 9.68. The molecule has 0 saturated heterocycles. The van der Waals surface area contributed by atoms with Gasteiger partial charge in [-0.15, -0.1) is 0 Å². The Morgan fingerprint density at radius 1 is 1.15 bits per heavy atom. The van der Waals surface area contributed by atoms with Gasteiger partial charge in [-0.3, -0.25) is 0 Å². The van der Waals surface area contributed by atoms with Crippen LogP contribution in [0.4, 0.5) is 11.6 Å². The molecule has 0 atom stereocenters. The van der Waals surface area contributed by atoms with Gasteiger partial charge < -0.3 is 10.1 Å². The van der Waals surface area contributed by atoms with Crippen molar-refractivity contribution in [1.82, 2.24) is 19.6 Å². The lowest BCUT2D eigenvalue weighted by molar-refractivity contribution is 0.411. The number of nitrogens with zero attached hydrogens (tertiary/aromatic N) is 4. The van der Waals surface area contributed by atoms with Gasteiger partial charge in [-0.2, -0.15) is 14.6 Å². The fraction of sp³-hybridized carbons (Fsp3) is 0.476. The van der Waals surface area contributed by atoms with Crippen LogP contribution in [0, 0.1) is 26.7 Å². The number of fused-ring (bicyclic) bond motifs is 1. The summed E-state index contributed by atoms with van der Waals surface area (Å²) in [5.41, 5.74) is 5.28. The minimum absolute atomic E-state index is 0.693. The van der Waals surface area contributed by atoms with Crippen molar-refractivity contribution in [3.8, 4) is 5.75 Å². The number of anilines is 2. The van der Waals surface area contributed by atoms with Crippen molar-refractivity contribution in [1.29, 1.82) is 0 Å². The van der Waals surface area contributed by atoms with Crippen LogP contribution in [0.3, 0.4) is 0 Å². The van der Waals surface area contributed by atoms with Gasteiger partial charge in [0.05, 0.1) is 13.3 Å². The highest BCUT2D eigenvalue weighted by Crippen LogP contribution is 2.34. The highest BCUT2D eigenvalue weighted by atomic mass is 16.5. The van der Waals surface area contributed by atoms with Gasteiger partial charge in [0, 0.05) is 11.3 Å². The topological polar surface area (TPSA) is 64.3 Å². The average Bonchev–Trinajstić information content (AvgIpc) is 3.37. The Labute approximate surface area is 160 Å². The quantitative estimate of drug-likeness (QED) is 0.666. The van der Waals surface area contributed by atoms with E-state index >= 15 is 0 Å². The molecule has 6 heteroatoms. The maximum atomic E-state index is 5.41. The van der Waals surface area contributed by atoms with Crippen LogP contribution in [-0.4, -0.2) is 26.7 Å². The Morgan fingerprint density at radius 3 is 2.70 bits per heavy atom. The van der Waals surface area contributed by atoms with Gasteiger partial charge in [-0.1, -0.05) is 19.3 Å². The van der Waals surface area contributed by atoms with Crippen molar-refractivity contribution >= 4 is 17.3 Å². The minimum Gasteiger partial charge on any atom is -0.496 e. The molecule has 1 aliphatic rings. The molecule has 1 fully saturated rings. The summed E-state index contributed by atoms with van der Waals surface area (Å²) in [5.74, 6) is 3.29. The smallest absolute Gasteiger partial charge is 0.232 e. The van der Waals surface area contributed by atoms with E-state index in [0.29, 0.717) is 5.95 Å². The number of aromatic nitrogens is 4. The zero-order valence-corrected chi connectivity index (χ0v) is 16.5. The van der Waals surface area contributed by atoms with Gasteiger partial charge in [0.25, 0.3) is 0 Å². The van der Waals surface area contributed by atoms with Crippen LogP contribution in [0.1, 0.15) is 48.2 Å². The fourth-order valence-corrected chi connectivity index (χ4v) is 3.54. The number of nitrogens with one attached hydrogen (secondary N) is 1. The van der Waals surface area contributed by atoms with Crippen LogP contribution >= 0.6 is 0 Å². The summed E-state index contributed by atoms with van der Waals surface area (Å²) in [6, 6.07) is 4.12. The Bertz CT molecular complexity index is 974. The third kappa shape index (κ3) is 3.75. The third-order valence-corrected chi connectivity index (χ3v) is 5.30. The molecule has 2 aromatic heterocycles. The minimum atomic E-state index is 0.693. The SMILES string of the molecule is COc1cc(C)c(Nc2nc(C)nc3c(CCCC4CC4)cnn23)cc1C. The van der Waals surface area contributed by atoms with E-state index in [4.69, 9.17) is 4.74 Å². The molecular formula is C21H27N5O. The molecule has 0 bridgehead atoms. The van der Waals surface area contributed by atoms with Crippen molar-refractivity contribution in [2.75, 3.05) is 12.4 Å². The number of ether oxygens (including phenoxy) is 1. The van der Waals surface area contributed by atoms with Crippen molar-refractivity contribution in [2.45, 2.75) is 52.9 Å².